The number of hydrogen-bond donors (Lipinski definition) is 2. The summed E-state index contributed by atoms with van der Waals surface area (Å²) in [6, 6.07) is 6.75. The van der Waals surface area contributed by atoms with Gasteiger partial charge in [-0.25, -0.2) is 0 Å². The number of carboxylic acid groups (broad SMARTS) is 1. The van der Waals surface area contributed by atoms with Crippen LogP contribution in [0.1, 0.15) is 22.8 Å². The largest absolute Gasteiger partial charge is 0.545 e. The van der Waals surface area contributed by atoms with E-state index in [0.717, 1.165) is 5.56 Å². The maximum absolute atomic E-state index is 11.6. The third kappa shape index (κ3) is 4.63. The summed E-state index contributed by atoms with van der Waals surface area (Å²) in [5.41, 5.74) is 5.59. The van der Waals surface area contributed by atoms with Gasteiger partial charge in [-0.3, -0.25) is 20.4 Å². The van der Waals surface area contributed by atoms with Crippen LogP contribution in [0.3, 0.4) is 0 Å². The lowest BCUT2D eigenvalue weighted by molar-refractivity contribution is -0.297. The van der Waals surface area contributed by atoms with Crippen molar-refractivity contribution in [3.8, 4) is 0 Å². The van der Waals surface area contributed by atoms with Gasteiger partial charge in [0.25, 0.3) is 11.8 Å². The quantitative estimate of drug-likeness (QED) is 0.563. The van der Waals surface area contributed by atoms with Crippen molar-refractivity contribution in [1.29, 1.82) is 0 Å². The van der Waals surface area contributed by atoms with E-state index in [9.17, 15) is 19.5 Å². The van der Waals surface area contributed by atoms with Crippen molar-refractivity contribution in [2.45, 2.75) is 13.8 Å². The first-order valence-corrected chi connectivity index (χ1v) is 5.47. The van der Waals surface area contributed by atoms with Crippen LogP contribution in [0.2, 0.25) is 0 Å². The molecule has 2 amide bonds. The van der Waals surface area contributed by atoms with E-state index < -0.39 is 17.8 Å². The highest BCUT2D eigenvalue weighted by Gasteiger charge is 2.08. The molecule has 6 nitrogen and oxygen atoms in total. The zero-order valence-electron chi connectivity index (χ0n) is 10.5. The fourth-order valence-corrected chi connectivity index (χ4v) is 1.23. The van der Waals surface area contributed by atoms with Crippen LogP contribution >= 0.6 is 0 Å². The van der Waals surface area contributed by atoms with Gasteiger partial charge in [-0.15, -0.1) is 0 Å². The zero-order chi connectivity index (χ0) is 14.4. The normalized spacial score (nSPS) is 10.7. The summed E-state index contributed by atoms with van der Waals surface area (Å²) in [6.07, 6.45) is 0.646. The van der Waals surface area contributed by atoms with Gasteiger partial charge in [0.1, 0.15) is 0 Å². The number of benzene rings is 1. The highest BCUT2D eigenvalue weighted by atomic mass is 16.4. The molecule has 0 bridgehead atoms. The van der Waals surface area contributed by atoms with E-state index in [2.05, 4.69) is 10.9 Å². The van der Waals surface area contributed by atoms with Crippen LogP contribution in [0.25, 0.3) is 0 Å². The molecule has 0 fully saturated rings. The van der Waals surface area contributed by atoms with E-state index in [1.807, 2.05) is 6.92 Å². The Bertz CT molecular complexity index is 532. The van der Waals surface area contributed by atoms with Gasteiger partial charge in [0.15, 0.2) is 0 Å². The van der Waals surface area contributed by atoms with E-state index >= 15 is 0 Å². The van der Waals surface area contributed by atoms with Gasteiger partial charge in [-0.1, -0.05) is 17.7 Å². The van der Waals surface area contributed by atoms with Crippen LogP contribution in [-0.2, 0) is 9.59 Å². The fraction of sp³-hybridized carbons (Fsp3) is 0.154. The van der Waals surface area contributed by atoms with Gasteiger partial charge >= 0.3 is 0 Å². The minimum absolute atomic E-state index is 0.0794. The maximum Gasteiger partial charge on any atom is 0.269 e. The molecule has 1 rings (SSSR count). The van der Waals surface area contributed by atoms with Crippen molar-refractivity contribution >= 4 is 17.8 Å². The van der Waals surface area contributed by atoms with Crippen molar-refractivity contribution < 1.29 is 19.5 Å². The molecule has 0 aromatic heterocycles. The van der Waals surface area contributed by atoms with Crippen molar-refractivity contribution in [3.63, 3.8) is 0 Å². The third-order valence-electron chi connectivity index (χ3n) is 2.30. The van der Waals surface area contributed by atoms with Crippen molar-refractivity contribution in [1.82, 2.24) is 10.9 Å². The average Bonchev–Trinajstić information content (AvgIpc) is 2.35. The molecular weight excluding hydrogens is 248 g/mol. The van der Waals surface area contributed by atoms with E-state index in [1.165, 1.54) is 6.92 Å². The molecule has 0 aliphatic rings. The first kappa shape index (κ1) is 14.4. The van der Waals surface area contributed by atoms with Crippen LogP contribution in [-0.4, -0.2) is 17.8 Å². The molecule has 0 aliphatic carbocycles. The van der Waals surface area contributed by atoms with Gasteiger partial charge in [-0.2, -0.15) is 0 Å². The van der Waals surface area contributed by atoms with Crippen LogP contribution in [0, 0.1) is 6.92 Å². The van der Waals surface area contributed by atoms with Crippen LogP contribution in [0.4, 0.5) is 0 Å². The molecular formula is C13H13N2O4-. The molecule has 1 aromatic carbocycles. The van der Waals surface area contributed by atoms with E-state index in [4.69, 9.17) is 0 Å². The van der Waals surface area contributed by atoms with Gasteiger partial charge in [0.2, 0.25) is 0 Å². The number of carbonyl (C=O) groups excluding carboxylic acids is 3. The predicted molar refractivity (Wildman–Crippen MR) is 65.6 cm³/mol. The molecule has 0 saturated heterocycles. The number of aliphatic carboxylic acids is 1. The molecule has 6 heteroatoms. The van der Waals surface area contributed by atoms with Crippen molar-refractivity contribution in [2.75, 3.05) is 0 Å². The number of carboxylic acids is 1. The second-order valence-corrected chi connectivity index (χ2v) is 3.92. The van der Waals surface area contributed by atoms with E-state index in [1.54, 1.807) is 24.3 Å². The Hall–Kier alpha value is -2.63. The summed E-state index contributed by atoms with van der Waals surface area (Å²) in [6.45, 7) is 3.18. The first-order valence-electron chi connectivity index (χ1n) is 5.47. The molecule has 0 atom stereocenters. The van der Waals surface area contributed by atoms with Gasteiger partial charge in [0, 0.05) is 11.1 Å². The summed E-state index contributed by atoms with van der Waals surface area (Å²) in [5.74, 6) is -2.68. The van der Waals surface area contributed by atoms with Crippen molar-refractivity contribution in [3.05, 3.63) is 47.0 Å². The Labute approximate surface area is 110 Å². The lowest BCUT2D eigenvalue weighted by Gasteiger charge is -2.08. The zero-order valence-corrected chi connectivity index (χ0v) is 10.5. The summed E-state index contributed by atoms with van der Waals surface area (Å²) >= 11 is 0. The number of carbonyl (C=O) groups is 3. The highest BCUT2D eigenvalue weighted by molar-refractivity contribution is 6.00. The number of aryl methyl sites for hydroxylation is 1. The number of rotatable bonds is 3. The number of nitrogens with one attached hydrogen (secondary N) is 2. The second-order valence-electron chi connectivity index (χ2n) is 3.92. The van der Waals surface area contributed by atoms with Gasteiger partial charge < -0.3 is 9.90 Å². The first-order chi connectivity index (χ1) is 8.90. The molecule has 0 aliphatic heterocycles. The molecule has 0 spiro atoms. The number of hydrazine groups is 1. The SMILES string of the molecule is CC(=CC(=O)[O-])C(=O)NNC(=O)c1ccc(C)cc1. The Morgan fingerprint density at radius 3 is 2.21 bits per heavy atom. The average molecular weight is 261 g/mol. The fourth-order valence-electron chi connectivity index (χ4n) is 1.23. The third-order valence-corrected chi connectivity index (χ3v) is 2.30. The number of hydrogen-bond acceptors (Lipinski definition) is 4. The Morgan fingerprint density at radius 2 is 1.68 bits per heavy atom. The topological polar surface area (TPSA) is 98.3 Å². The molecule has 2 N–H and O–H groups in total. The Balaban J connectivity index is 2.57. The minimum Gasteiger partial charge on any atom is -0.545 e. The predicted octanol–water partition coefficient (Wildman–Crippen LogP) is -0.548. The highest BCUT2D eigenvalue weighted by Crippen LogP contribution is 2.02. The minimum atomic E-state index is -1.47. The molecule has 0 saturated carbocycles. The van der Waals surface area contributed by atoms with Crippen LogP contribution < -0.4 is 16.0 Å². The molecule has 19 heavy (non-hydrogen) atoms. The van der Waals surface area contributed by atoms with Crippen LogP contribution in [0.15, 0.2) is 35.9 Å². The Kier molecular flexibility index (Phi) is 4.82. The molecule has 100 valence electrons. The standard InChI is InChI=1S/C13H14N2O4/c1-8-3-5-10(6-4-8)13(19)15-14-12(18)9(2)7-11(16)17/h3-7H,1-2H3,(H,14,18)(H,15,19)(H,16,17)/p-1. The van der Waals surface area contributed by atoms with E-state index in [0.29, 0.717) is 11.6 Å². The van der Waals surface area contributed by atoms with Crippen LogP contribution in [0.5, 0.6) is 0 Å². The summed E-state index contributed by atoms with van der Waals surface area (Å²) < 4.78 is 0. The van der Waals surface area contributed by atoms with Crippen molar-refractivity contribution in [2.24, 2.45) is 0 Å². The summed E-state index contributed by atoms with van der Waals surface area (Å²) in [7, 11) is 0. The smallest absolute Gasteiger partial charge is 0.269 e. The Morgan fingerprint density at radius 1 is 1.11 bits per heavy atom. The monoisotopic (exact) mass is 261 g/mol. The maximum atomic E-state index is 11.6. The lowest BCUT2D eigenvalue weighted by Crippen LogP contribution is -2.42. The molecule has 0 radical (unpaired) electrons. The summed E-state index contributed by atoms with van der Waals surface area (Å²) in [4.78, 5) is 33.3. The summed E-state index contributed by atoms with van der Waals surface area (Å²) in [5, 5.41) is 10.3. The van der Waals surface area contributed by atoms with Gasteiger partial charge in [0.05, 0.1) is 5.97 Å². The molecule has 0 unspecified atom stereocenters. The van der Waals surface area contributed by atoms with Gasteiger partial charge in [-0.05, 0) is 32.1 Å². The number of amides is 2. The van der Waals surface area contributed by atoms with E-state index in [-0.39, 0.29) is 5.57 Å². The lowest BCUT2D eigenvalue weighted by atomic mass is 10.1. The molecule has 0 heterocycles. The molecule has 1 aromatic rings. The second kappa shape index (κ2) is 6.34.